The van der Waals surface area contributed by atoms with Gasteiger partial charge in [-0.15, -0.1) is 0 Å². The fourth-order valence-corrected chi connectivity index (χ4v) is 4.31. The summed E-state index contributed by atoms with van der Waals surface area (Å²) in [5, 5.41) is 7.74. The second-order valence-corrected chi connectivity index (χ2v) is 8.66. The molecule has 0 atom stereocenters. The van der Waals surface area contributed by atoms with Crippen LogP contribution in [-0.2, 0) is 7.05 Å². The zero-order valence-corrected chi connectivity index (χ0v) is 15.3. The monoisotopic (exact) mass is 336 g/mol. The van der Waals surface area contributed by atoms with Crippen LogP contribution in [0.4, 0.5) is 0 Å². The first-order valence-electron chi connectivity index (χ1n) is 8.61. The molecule has 128 valence electrons. The molecule has 1 saturated carbocycles. The van der Waals surface area contributed by atoms with E-state index in [2.05, 4.69) is 29.2 Å². The van der Waals surface area contributed by atoms with Gasteiger partial charge < -0.3 is 5.32 Å². The summed E-state index contributed by atoms with van der Waals surface area (Å²) >= 11 is 2.01. The van der Waals surface area contributed by atoms with Crippen LogP contribution in [0.25, 0.3) is 0 Å². The van der Waals surface area contributed by atoms with Crippen LogP contribution in [-0.4, -0.2) is 57.3 Å². The molecular formula is C17H28N4OS. The average molecular weight is 337 g/mol. The number of amides is 1. The first-order chi connectivity index (χ1) is 10.9. The summed E-state index contributed by atoms with van der Waals surface area (Å²) in [6, 6.07) is 1.98. The minimum atomic E-state index is -0.236. The molecule has 1 aromatic rings. The third-order valence-electron chi connectivity index (χ3n) is 4.83. The van der Waals surface area contributed by atoms with Crippen molar-refractivity contribution in [3.63, 3.8) is 0 Å². The fourth-order valence-electron chi connectivity index (χ4n) is 3.33. The summed E-state index contributed by atoms with van der Waals surface area (Å²) in [5.41, 5.74) is 1.52. The van der Waals surface area contributed by atoms with E-state index in [1.54, 1.807) is 4.68 Å². The highest BCUT2D eigenvalue weighted by Gasteiger charge is 2.28. The van der Waals surface area contributed by atoms with Gasteiger partial charge in [-0.1, -0.05) is 6.42 Å². The SMILES string of the molecule is Cn1nc(C2CCC2)cc1C(=O)NC(C)(C)CN1CCSCC1. The molecule has 1 aromatic heterocycles. The van der Waals surface area contributed by atoms with E-state index in [0.29, 0.717) is 11.6 Å². The molecule has 2 fully saturated rings. The van der Waals surface area contributed by atoms with Gasteiger partial charge in [0.15, 0.2) is 0 Å². The van der Waals surface area contributed by atoms with Gasteiger partial charge in [0.1, 0.15) is 5.69 Å². The van der Waals surface area contributed by atoms with Crippen molar-refractivity contribution in [2.45, 2.75) is 44.6 Å². The molecule has 0 radical (unpaired) electrons. The van der Waals surface area contributed by atoms with Crippen LogP contribution >= 0.6 is 11.8 Å². The molecule has 23 heavy (non-hydrogen) atoms. The molecule has 1 aliphatic carbocycles. The van der Waals surface area contributed by atoms with Crippen LogP contribution in [0, 0.1) is 0 Å². The lowest BCUT2D eigenvalue weighted by atomic mass is 9.83. The molecule has 2 heterocycles. The smallest absolute Gasteiger partial charge is 0.270 e. The number of hydrogen-bond donors (Lipinski definition) is 1. The van der Waals surface area contributed by atoms with Crippen LogP contribution in [0.15, 0.2) is 6.07 Å². The molecule has 1 saturated heterocycles. The van der Waals surface area contributed by atoms with Crippen molar-refractivity contribution >= 4 is 17.7 Å². The maximum Gasteiger partial charge on any atom is 0.270 e. The number of nitrogens with one attached hydrogen (secondary N) is 1. The predicted octanol–water partition coefficient (Wildman–Crippen LogP) is 2.24. The molecule has 1 aliphatic heterocycles. The zero-order valence-electron chi connectivity index (χ0n) is 14.5. The molecule has 6 heteroatoms. The molecule has 5 nitrogen and oxygen atoms in total. The number of carbonyl (C=O) groups is 1. The lowest BCUT2D eigenvalue weighted by molar-refractivity contribution is 0.0880. The van der Waals surface area contributed by atoms with Crippen molar-refractivity contribution in [3.8, 4) is 0 Å². The summed E-state index contributed by atoms with van der Waals surface area (Å²) in [7, 11) is 1.87. The van der Waals surface area contributed by atoms with Gasteiger partial charge in [0.25, 0.3) is 5.91 Å². The van der Waals surface area contributed by atoms with E-state index in [-0.39, 0.29) is 11.4 Å². The zero-order chi connectivity index (χ0) is 16.4. The Kier molecular flexibility index (Phi) is 5.01. The van der Waals surface area contributed by atoms with Crippen LogP contribution < -0.4 is 5.32 Å². The second kappa shape index (κ2) is 6.85. The van der Waals surface area contributed by atoms with E-state index in [9.17, 15) is 4.79 Å². The van der Waals surface area contributed by atoms with Crippen molar-refractivity contribution in [2.24, 2.45) is 7.05 Å². The molecule has 0 spiro atoms. The number of hydrogen-bond acceptors (Lipinski definition) is 4. The number of carbonyl (C=O) groups excluding carboxylic acids is 1. The summed E-state index contributed by atoms with van der Waals surface area (Å²) < 4.78 is 1.73. The minimum Gasteiger partial charge on any atom is -0.345 e. The van der Waals surface area contributed by atoms with Gasteiger partial charge in [-0.25, -0.2) is 0 Å². The lowest BCUT2D eigenvalue weighted by Gasteiger charge is -2.35. The highest BCUT2D eigenvalue weighted by Crippen LogP contribution is 2.35. The van der Waals surface area contributed by atoms with Gasteiger partial charge in [-0.2, -0.15) is 16.9 Å². The maximum absolute atomic E-state index is 12.7. The Hall–Kier alpha value is -1.01. The van der Waals surface area contributed by atoms with E-state index in [4.69, 9.17) is 0 Å². The Bertz CT molecular complexity index is 559. The topological polar surface area (TPSA) is 50.2 Å². The molecule has 0 bridgehead atoms. The van der Waals surface area contributed by atoms with E-state index in [1.165, 1.54) is 30.8 Å². The van der Waals surface area contributed by atoms with Crippen LogP contribution in [0.5, 0.6) is 0 Å². The standard InChI is InChI=1S/C17H28N4OS/c1-17(2,12-21-7-9-23-10-8-21)18-16(22)15-11-14(19-20(15)3)13-5-4-6-13/h11,13H,4-10,12H2,1-3H3,(H,18,22). The van der Waals surface area contributed by atoms with Gasteiger partial charge in [-0.3, -0.25) is 14.4 Å². The van der Waals surface area contributed by atoms with Gasteiger partial charge >= 0.3 is 0 Å². The minimum absolute atomic E-state index is 0.0121. The largest absolute Gasteiger partial charge is 0.345 e. The maximum atomic E-state index is 12.7. The van der Waals surface area contributed by atoms with Crippen molar-refractivity contribution < 1.29 is 4.79 Å². The Morgan fingerprint density at radius 2 is 2.09 bits per heavy atom. The van der Waals surface area contributed by atoms with Gasteiger partial charge in [0, 0.05) is 49.6 Å². The third kappa shape index (κ3) is 4.10. The highest BCUT2D eigenvalue weighted by molar-refractivity contribution is 7.99. The van der Waals surface area contributed by atoms with Gasteiger partial charge in [0.05, 0.1) is 5.69 Å². The predicted molar refractivity (Wildman–Crippen MR) is 95.1 cm³/mol. The molecule has 0 aromatic carbocycles. The normalized spacial score (nSPS) is 20.3. The quantitative estimate of drug-likeness (QED) is 0.896. The third-order valence-corrected chi connectivity index (χ3v) is 5.77. The molecule has 3 rings (SSSR count). The summed E-state index contributed by atoms with van der Waals surface area (Å²) in [4.78, 5) is 15.1. The number of thioether (sulfide) groups is 1. The second-order valence-electron chi connectivity index (χ2n) is 7.43. The van der Waals surface area contributed by atoms with E-state index < -0.39 is 0 Å². The molecule has 1 amide bonds. The van der Waals surface area contributed by atoms with Crippen molar-refractivity contribution in [3.05, 3.63) is 17.5 Å². The van der Waals surface area contributed by atoms with Crippen LogP contribution in [0.1, 0.15) is 55.2 Å². The van der Waals surface area contributed by atoms with Gasteiger partial charge in [-0.05, 0) is 32.8 Å². The lowest BCUT2D eigenvalue weighted by Crippen LogP contribution is -2.53. The van der Waals surface area contributed by atoms with Crippen LogP contribution in [0.2, 0.25) is 0 Å². The molecule has 0 unspecified atom stereocenters. The number of nitrogens with zero attached hydrogens (tertiary/aromatic N) is 3. The van der Waals surface area contributed by atoms with E-state index in [1.807, 2.05) is 24.9 Å². The summed E-state index contributed by atoms with van der Waals surface area (Å²) in [5.74, 6) is 2.93. The Morgan fingerprint density at radius 1 is 1.39 bits per heavy atom. The van der Waals surface area contributed by atoms with Gasteiger partial charge in [0.2, 0.25) is 0 Å². The fraction of sp³-hybridized carbons (Fsp3) is 0.765. The average Bonchev–Trinajstić information content (AvgIpc) is 2.78. The highest BCUT2D eigenvalue weighted by atomic mass is 32.2. The number of aromatic nitrogens is 2. The first-order valence-corrected chi connectivity index (χ1v) is 9.77. The van der Waals surface area contributed by atoms with Crippen molar-refractivity contribution in [2.75, 3.05) is 31.1 Å². The van der Waals surface area contributed by atoms with E-state index in [0.717, 1.165) is 25.3 Å². The Labute approximate surface area is 143 Å². The Morgan fingerprint density at radius 3 is 2.70 bits per heavy atom. The number of rotatable bonds is 5. The summed E-state index contributed by atoms with van der Waals surface area (Å²) in [6.07, 6.45) is 3.69. The molecular weight excluding hydrogens is 308 g/mol. The first kappa shape index (κ1) is 16.8. The van der Waals surface area contributed by atoms with Crippen LogP contribution in [0.3, 0.4) is 0 Å². The number of aryl methyl sites for hydroxylation is 1. The Balaban J connectivity index is 1.61. The van der Waals surface area contributed by atoms with E-state index >= 15 is 0 Å². The van der Waals surface area contributed by atoms with Crippen molar-refractivity contribution in [1.29, 1.82) is 0 Å². The summed E-state index contributed by atoms with van der Waals surface area (Å²) in [6.45, 7) is 7.33. The van der Waals surface area contributed by atoms with Crippen molar-refractivity contribution in [1.82, 2.24) is 20.0 Å². The molecule has 2 aliphatic rings. The molecule has 1 N–H and O–H groups in total.